The van der Waals surface area contributed by atoms with Gasteiger partial charge in [-0.3, -0.25) is 4.79 Å². The molecule has 1 saturated heterocycles. The van der Waals surface area contributed by atoms with Crippen molar-refractivity contribution in [3.05, 3.63) is 47.9 Å². The van der Waals surface area contributed by atoms with Gasteiger partial charge in [0.05, 0.1) is 11.4 Å². The molecule has 5 rings (SSSR count). The fourth-order valence-corrected chi connectivity index (χ4v) is 4.79. The van der Waals surface area contributed by atoms with Gasteiger partial charge in [0.1, 0.15) is 17.8 Å². The van der Waals surface area contributed by atoms with Gasteiger partial charge in [-0.2, -0.15) is 0 Å². The minimum absolute atomic E-state index is 0.116. The van der Waals surface area contributed by atoms with Crippen LogP contribution < -0.4 is 10.2 Å². The Morgan fingerprint density at radius 1 is 1.27 bits per heavy atom. The molecule has 0 radical (unpaired) electrons. The third-order valence-electron chi connectivity index (χ3n) is 6.23. The topological polar surface area (TPSA) is 73.9 Å². The molecule has 2 fully saturated rings. The minimum atomic E-state index is -0.116. The second-order valence-electron chi connectivity index (χ2n) is 8.53. The van der Waals surface area contributed by atoms with Crippen LogP contribution in [0.4, 0.5) is 11.5 Å². The first-order valence-corrected chi connectivity index (χ1v) is 11.1. The molecule has 30 heavy (non-hydrogen) atoms. The molecule has 156 valence electrons. The normalized spacial score (nSPS) is 20.3. The number of H-pyrrole nitrogens is 1. The summed E-state index contributed by atoms with van der Waals surface area (Å²) in [6.45, 7) is 1.83. The van der Waals surface area contributed by atoms with Crippen molar-refractivity contribution in [3.8, 4) is 0 Å². The van der Waals surface area contributed by atoms with E-state index in [1.54, 1.807) is 6.33 Å². The summed E-state index contributed by atoms with van der Waals surface area (Å²) in [5.41, 5.74) is 1.78. The lowest BCUT2D eigenvalue weighted by Crippen LogP contribution is -2.39. The fourth-order valence-electron chi connectivity index (χ4n) is 4.59. The van der Waals surface area contributed by atoms with E-state index in [2.05, 4.69) is 25.2 Å². The highest BCUT2D eigenvalue weighted by atomic mass is 35.5. The van der Waals surface area contributed by atoms with E-state index in [9.17, 15) is 4.79 Å². The molecule has 2 aliphatic rings. The van der Waals surface area contributed by atoms with Crippen LogP contribution in [0.25, 0.3) is 11.0 Å². The van der Waals surface area contributed by atoms with Crippen LogP contribution in [0.15, 0.2) is 42.9 Å². The van der Waals surface area contributed by atoms with E-state index >= 15 is 0 Å². The Morgan fingerprint density at radius 3 is 3.00 bits per heavy atom. The second-order valence-corrected chi connectivity index (χ2v) is 8.97. The molecule has 1 aromatic carbocycles. The number of carbonyl (C=O) groups excluding carboxylic acids is 1. The smallest absolute Gasteiger partial charge is 0.155 e. The van der Waals surface area contributed by atoms with E-state index in [0.29, 0.717) is 29.1 Å². The zero-order valence-electron chi connectivity index (χ0n) is 16.9. The van der Waals surface area contributed by atoms with Gasteiger partial charge in [-0.05, 0) is 61.8 Å². The number of halogens is 1. The SMILES string of the molecule is O=C(C[C@@H]1CCCN(c2ncnc3[nH]ccc23)C1)[C@H](Nc1cccc(Cl)c1)C1CC1. The molecule has 3 heterocycles. The Balaban J connectivity index is 1.27. The molecule has 0 amide bonds. The maximum atomic E-state index is 13.3. The average Bonchev–Trinajstić information content (AvgIpc) is 3.47. The van der Waals surface area contributed by atoms with Crippen LogP contribution in [-0.2, 0) is 4.79 Å². The number of piperidine rings is 1. The van der Waals surface area contributed by atoms with Gasteiger partial charge in [0, 0.05) is 36.4 Å². The van der Waals surface area contributed by atoms with Crippen LogP contribution in [0.1, 0.15) is 32.1 Å². The lowest BCUT2D eigenvalue weighted by molar-refractivity contribution is -0.121. The van der Waals surface area contributed by atoms with E-state index in [1.807, 2.05) is 36.5 Å². The van der Waals surface area contributed by atoms with Crippen molar-refractivity contribution in [1.82, 2.24) is 15.0 Å². The third-order valence-corrected chi connectivity index (χ3v) is 6.46. The predicted molar refractivity (Wildman–Crippen MR) is 120 cm³/mol. The number of benzene rings is 1. The number of carbonyl (C=O) groups is 1. The van der Waals surface area contributed by atoms with Gasteiger partial charge >= 0.3 is 0 Å². The molecule has 2 N–H and O–H groups in total. The molecule has 1 saturated carbocycles. The Labute approximate surface area is 181 Å². The first-order chi connectivity index (χ1) is 14.7. The molecule has 1 aliphatic heterocycles. The van der Waals surface area contributed by atoms with Gasteiger partial charge in [-0.1, -0.05) is 17.7 Å². The number of ketones is 1. The first-order valence-electron chi connectivity index (χ1n) is 10.8. The number of Topliss-reactive ketones (excluding diaryl/α,β-unsaturated/α-hetero) is 1. The number of rotatable bonds is 7. The second kappa shape index (κ2) is 8.26. The minimum Gasteiger partial charge on any atom is -0.375 e. The Kier molecular flexibility index (Phi) is 5.34. The van der Waals surface area contributed by atoms with Crippen molar-refractivity contribution in [2.75, 3.05) is 23.3 Å². The number of anilines is 2. The molecule has 0 spiro atoms. The van der Waals surface area contributed by atoms with Crippen molar-refractivity contribution in [1.29, 1.82) is 0 Å². The zero-order valence-corrected chi connectivity index (χ0v) is 17.6. The van der Waals surface area contributed by atoms with E-state index in [0.717, 1.165) is 61.3 Å². The van der Waals surface area contributed by atoms with Crippen LogP contribution in [-0.4, -0.2) is 39.9 Å². The fraction of sp³-hybridized carbons (Fsp3) is 0.435. The lowest BCUT2D eigenvalue weighted by atomic mass is 9.89. The average molecular weight is 424 g/mol. The van der Waals surface area contributed by atoms with Crippen molar-refractivity contribution in [3.63, 3.8) is 0 Å². The molecule has 6 nitrogen and oxygen atoms in total. The molecular weight excluding hydrogens is 398 g/mol. The number of nitrogens with zero attached hydrogens (tertiary/aromatic N) is 3. The van der Waals surface area contributed by atoms with Crippen LogP contribution in [0.2, 0.25) is 5.02 Å². The van der Waals surface area contributed by atoms with E-state index in [-0.39, 0.29) is 6.04 Å². The summed E-state index contributed by atoms with van der Waals surface area (Å²) in [7, 11) is 0. The number of hydrogen-bond donors (Lipinski definition) is 2. The standard InChI is InChI=1S/C23H26ClN5O/c24-17-4-1-5-18(12-17)28-21(16-6-7-16)20(30)11-15-3-2-10-29(13-15)23-19-8-9-25-22(19)26-14-27-23/h1,4-5,8-9,12,14-16,21,28H,2-3,6-7,10-11,13H2,(H,25,26,27)/t15-,21+/m0/s1. The monoisotopic (exact) mass is 423 g/mol. The van der Waals surface area contributed by atoms with E-state index in [1.165, 1.54) is 0 Å². The molecule has 1 aliphatic carbocycles. The van der Waals surface area contributed by atoms with Gasteiger partial charge < -0.3 is 15.2 Å². The number of fused-ring (bicyclic) bond motifs is 1. The summed E-state index contributed by atoms with van der Waals surface area (Å²) in [5.74, 6) is 2.07. The van der Waals surface area contributed by atoms with Gasteiger partial charge in [0.2, 0.25) is 0 Å². The van der Waals surface area contributed by atoms with E-state index in [4.69, 9.17) is 11.6 Å². The van der Waals surface area contributed by atoms with Crippen molar-refractivity contribution >= 4 is 39.9 Å². The van der Waals surface area contributed by atoms with Crippen molar-refractivity contribution in [2.45, 2.75) is 38.1 Å². The van der Waals surface area contributed by atoms with Crippen molar-refractivity contribution < 1.29 is 4.79 Å². The summed E-state index contributed by atoms with van der Waals surface area (Å²) >= 11 is 6.12. The Bertz CT molecular complexity index is 1050. The highest BCUT2D eigenvalue weighted by Crippen LogP contribution is 2.37. The van der Waals surface area contributed by atoms with E-state index < -0.39 is 0 Å². The van der Waals surface area contributed by atoms with Gasteiger partial charge in [0.15, 0.2) is 5.78 Å². The predicted octanol–water partition coefficient (Wildman–Crippen LogP) is 4.68. The summed E-state index contributed by atoms with van der Waals surface area (Å²) in [4.78, 5) is 27.6. The summed E-state index contributed by atoms with van der Waals surface area (Å²) in [6, 6.07) is 9.55. The van der Waals surface area contributed by atoms with Gasteiger partial charge in [-0.25, -0.2) is 9.97 Å². The quantitative estimate of drug-likeness (QED) is 0.577. The molecule has 0 unspecified atom stereocenters. The maximum absolute atomic E-state index is 13.3. The summed E-state index contributed by atoms with van der Waals surface area (Å²) in [6.07, 6.45) is 8.51. The molecule has 2 aromatic heterocycles. The van der Waals surface area contributed by atoms with Crippen molar-refractivity contribution in [2.24, 2.45) is 11.8 Å². The van der Waals surface area contributed by atoms with Crippen LogP contribution in [0.3, 0.4) is 0 Å². The largest absolute Gasteiger partial charge is 0.375 e. The van der Waals surface area contributed by atoms with Gasteiger partial charge in [0.25, 0.3) is 0 Å². The molecule has 0 bridgehead atoms. The summed E-state index contributed by atoms with van der Waals surface area (Å²) in [5, 5.41) is 5.19. The first kappa shape index (κ1) is 19.4. The highest BCUT2D eigenvalue weighted by molar-refractivity contribution is 6.30. The van der Waals surface area contributed by atoms with Crippen LogP contribution >= 0.6 is 11.6 Å². The van der Waals surface area contributed by atoms with Crippen LogP contribution in [0.5, 0.6) is 0 Å². The number of nitrogens with one attached hydrogen (secondary N) is 2. The molecule has 2 atom stereocenters. The molecule has 7 heteroatoms. The third kappa shape index (κ3) is 4.15. The summed E-state index contributed by atoms with van der Waals surface area (Å²) < 4.78 is 0. The number of aromatic amines is 1. The maximum Gasteiger partial charge on any atom is 0.155 e. The Hall–Kier alpha value is -2.60. The Morgan fingerprint density at radius 2 is 2.17 bits per heavy atom. The van der Waals surface area contributed by atoms with Gasteiger partial charge in [-0.15, -0.1) is 0 Å². The number of aromatic nitrogens is 3. The zero-order chi connectivity index (χ0) is 20.5. The number of hydrogen-bond acceptors (Lipinski definition) is 5. The lowest BCUT2D eigenvalue weighted by Gasteiger charge is -2.34. The molecular formula is C23H26ClN5O. The highest BCUT2D eigenvalue weighted by Gasteiger charge is 2.37. The van der Waals surface area contributed by atoms with Crippen LogP contribution in [0, 0.1) is 11.8 Å². The molecule has 3 aromatic rings.